The summed E-state index contributed by atoms with van der Waals surface area (Å²) in [6.45, 7) is 3.83. The Balaban J connectivity index is 1.80. The number of benzene rings is 1. The molecule has 0 bridgehead atoms. The highest BCUT2D eigenvalue weighted by Gasteiger charge is 2.30. The first kappa shape index (κ1) is 12.7. The minimum atomic E-state index is 0.252. The zero-order chi connectivity index (χ0) is 13.2. The summed E-state index contributed by atoms with van der Waals surface area (Å²) in [7, 11) is 0. The van der Waals surface area contributed by atoms with Gasteiger partial charge in [-0.1, -0.05) is 13.0 Å². The van der Waals surface area contributed by atoms with Gasteiger partial charge in [0.05, 0.1) is 0 Å². The van der Waals surface area contributed by atoms with E-state index in [9.17, 15) is 4.79 Å². The van der Waals surface area contributed by atoms with Crippen LogP contribution in [0.25, 0.3) is 0 Å². The molecule has 1 fully saturated rings. The van der Waals surface area contributed by atoms with Crippen molar-refractivity contribution in [2.24, 2.45) is 0 Å². The molecule has 0 saturated carbocycles. The Labute approximate surface area is 115 Å². The topological polar surface area (TPSA) is 32.3 Å². The van der Waals surface area contributed by atoms with Crippen molar-refractivity contribution in [1.82, 2.24) is 5.32 Å². The number of fused-ring (bicyclic) bond motifs is 1. The van der Waals surface area contributed by atoms with Gasteiger partial charge in [0.2, 0.25) is 5.91 Å². The lowest BCUT2D eigenvalue weighted by Gasteiger charge is -2.21. The molecule has 1 aromatic rings. The number of nitrogens with one attached hydrogen (secondary N) is 1. The molecule has 2 aliphatic rings. The average Bonchev–Trinajstić information content (AvgIpc) is 2.79. The van der Waals surface area contributed by atoms with Crippen molar-refractivity contribution in [2.75, 3.05) is 18.0 Å². The van der Waals surface area contributed by atoms with Crippen LogP contribution in [0, 0.1) is 0 Å². The number of carbonyl (C=O) groups is 1. The fourth-order valence-corrected chi connectivity index (χ4v) is 3.27. The lowest BCUT2D eigenvalue weighted by Crippen LogP contribution is -2.32. The predicted molar refractivity (Wildman–Crippen MR) is 77.5 cm³/mol. The highest BCUT2D eigenvalue weighted by atomic mass is 16.2. The number of likely N-dealkylation sites (N-methyl/N-ethyl adjacent to an activating group) is 1. The van der Waals surface area contributed by atoms with Crippen molar-refractivity contribution in [2.45, 2.75) is 45.1 Å². The maximum absolute atomic E-state index is 12.1. The summed E-state index contributed by atoms with van der Waals surface area (Å²) < 4.78 is 0. The molecule has 1 saturated heterocycles. The number of hydrogen-bond donors (Lipinski definition) is 1. The fraction of sp³-hybridized carbons (Fsp3) is 0.562. The van der Waals surface area contributed by atoms with Gasteiger partial charge in [-0.25, -0.2) is 0 Å². The molecule has 1 aliphatic carbocycles. The van der Waals surface area contributed by atoms with Crippen LogP contribution in [-0.2, 0) is 17.6 Å². The van der Waals surface area contributed by atoms with Crippen molar-refractivity contribution >= 4 is 11.6 Å². The molecule has 1 heterocycles. The van der Waals surface area contributed by atoms with Crippen LogP contribution in [0.15, 0.2) is 18.2 Å². The highest BCUT2D eigenvalue weighted by molar-refractivity contribution is 5.96. The lowest BCUT2D eigenvalue weighted by atomic mass is 9.91. The number of carbonyl (C=O) groups excluding carboxylic acids is 1. The second-order valence-corrected chi connectivity index (χ2v) is 5.62. The Kier molecular flexibility index (Phi) is 3.56. The predicted octanol–water partition coefficient (Wildman–Crippen LogP) is 2.28. The largest absolute Gasteiger partial charge is 0.312 e. The summed E-state index contributed by atoms with van der Waals surface area (Å²) in [6.07, 6.45) is 5.58. The van der Waals surface area contributed by atoms with Gasteiger partial charge in [-0.2, -0.15) is 0 Å². The smallest absolute Gasteiger partial charge is 0.228 e. The van der Waals surface area contributed by atoms with Gasteiger partial charge in [0.1, 0.15) is 0 Å². The summed E-state index contributed by atoms with van der Waals surface area (Å²) >= 11 is 0. The molecule has 3 nitrogen and oxygen atoms in total. The molecular weight excluding hydrogens is 236 g/mol. The van der Waals surface area contributed by atoms with Gasteiger partial charge in [0.15, 0.2) is 0 Å². The van der Waals surface area contributed by atoms with E-state index in [0.717, 1.165) is 18.8 Å². The van der Waals surface area contributed by atoms with Crippen molar-refractivity contribution < 1.29 is 4.79 Å². The van der Waals surface area contributed by atoms with Gasteiger partial charge >= 0.3 is 0 Å². The summed E-state index contributed by atoms with van der Waals surface area (Å²) in [4.78, 5) is 14.1. The Morgan fingerprint density at radius 1 is 1.26 bits per heavy atom. The summed E-state index contributed by atoms with van der Waals surface area (Å²) in [5.41, 5.74) is 4.01. The molecule has 1 aliphatic heterocycles. The zero-order valence-electron chi connectivity index (χ0n) is 11.6. The average molecular weight is 258 g/mol. The molecule has 1 amide bonds. The normalized spacial score (nSPS) is 22.7. The molecule has 3 heteroatoms. The monoisotopic (exact) mass is 258 g/mol. The third kappa shape index (κ3) is 2.52. The third-order valence-corrected chi connectivity index (χ3v) is 4.26. The van der Waals surface area contributed by atoms with Crippen LogP contribution in [0.4, 0.5) is 5.69 Å². The Morgan fingerprint density at radius 3 is 2.84 bits per heavy atom. The van der Waals surface area contributed by atoms with E-state index in [1.54, 1.807) is 0 Å². The van der Waals surface area contributed by atoms with Gasteiger partial charge < -0.3 is 10.2 Å². The van der Waals surface area contributed by atoms with Gasteiger partial charge in [-0.05, 0) is 55.5 Å². The van der Waals surface area contributed by atoms with E-state index >= 15 is 0 Å². The number of aryl methyl sites for hydroxylation is 2. The second kappa shape index (κ2) is 5.33. The van der Waals surface area contributed by atoms with Crippen molar-refractivity contribution in [3.05, 3.63) is 29.3 Å². The molecule has 102 valence electrons. The number of anilines is 1. The quantitative estimate of drug-likeness (QED) is 0.902. The van der Waals surface area contributed by atoms with Crippen LogP contribution < -0.4 is 10.2 Å². The summed E-state index contributed by atoms with van der Waals surface area (Å²) in [5, 5.41) is 3.37. The van der Waals surface area contributed by atoms with E-state index in [0.29, 0.717) is 12.5 Å². The van der Waals surface area contributed by atoms with Crippen molar-refractivity contribution in [3.63, 3.8) is 0 Å². The van der Waals surface area contributed by atoms with E-state index in [1.165, 1.54) is 36.8 Å². The van der Waals surface area contributed by atoms with E-state index in [1.807, 2.05) is 4.90 Å². The van der Waals surface area contributed by atoms with Crippen LogP contribution in [0.5, 0.6) is 0 Å². The van der Waals surface area contributed by atoms with Gasteiger partial charge in [0, 0.05) is 24.7 Å². The molecule has 0 aromatic heterocycles. The molecule has 3 rings (SSSR count). The fourth-order valence-electron chi connectivity index (χ4n) is 3.27. The molecular formula is C16H22N2O. The minimum absolute atomic E-state index is 0.252. The van der Waals surface area contributed by atoms with E-state index in [4.69, 9.17) is 0 Å². The maximum Gasteiger partial charge on any atom is 0.228 e. The number of nitrogens with zero attached hydrogens (tertiary/aromatic N) is 1. The molecule has 1 N–H and O–H groups in total. The SMILES string of the molecule is CCNC1CC(=O)N(c2ccc3c(c2)CCCC3)C1. The van der Waals surface area contributed by atoms with Crippen LogP contribution in [0.3, 0.4) is 0 Å². The van der Waals surface area contributed by atoms with Gasteiger partial charge in [-0.15, -0.1) is 0 Å². The molecule has 0 radical (unpaired) electrons. The second-order valence-electron chi connectivity index (χ2n) is 5.62. The molecule has 1 unspecified atom stereocenters. The first-order valence-electron chi connectivity index (χ1n) is 7.43. The van der Waals surface area contributed by atoms with Crippen LogP contribution in [0.1, 0.15) is 37.3 Å². The summed E-state index contributed by atoms with van der Waals surface area (Å²) in [5.74, 6) is 0.252. The third-order valence-electron chi connectivity index (χ3n) is 4.26. The maximum atomic E-state index is 12.1. The molecule has 19 heavy (non-hydrogen) atoms. The van der Waals surface area contributed by atoms with E-state index in [-0.39, 0.29) is 5.91 Å². The number of rotatable bonds is 3. The molecule has 1 atom stereocenters. The van der Waals surface area contributed by atoms with Crippen molar-refractivity contribution in [3.8, 4) is 0 Å². The van der Waals surface area contributed by atoms with Gasteiger partial charge in [-0.3, -0.25) is 4.79 Å². The molecule has 1 aromatic carbocycles. The Morgan fingerprint density at radius 2 is 2.05 bits per heavy atom. The van der Waals surface area contributed by atoms with Crippen molar-refractivity contribution in [1.29, 1.82) is 0 Å². The molecule has 0 spiro atoms. The van der Waals surface area contributed by atoms with Crippen LogP contribution >= 0.6 is 0 Å². The van der Waals surface area contributed by atoms with E-state index in [2.05, 4.69) is 30.4 Å². The van der Waals surface area contributed by atoms with E-state index < -0.39 is 0 Å². The number of hydrogen-bond acceptors (Lipinski definition) is 2. The van der Waals surface area contributed by atoms with Crippen LogP contribution in [0.2, 0.25) is 0 Å². The lowest BCUT2D eigenvalue weighted by molar-refractivity contribution is -0.117. The Bertz CT molecular complexity index is 484. The summed E-state index contributed by atoms with van der Waals surface area (Å²) in [6, 6.07) is 6.89. The van der Waals surface area contributed by atoms with Crippen LogP contribution in [-0.4, -0.2) is 25.0 Å². The first-order valence-corrected chi connectivity index (χ1v) is 7.43. The minimum Gasteiger partial charge on any atom is -0.312 e. The van der Waals surface area contributed by atoms with Gasteiger partial charge in [0.25, 0.3) is 0 Å². The number of amides is 1. The standard InChI is InChI=1S/C16H22N2O/c1-2-17-14-10-16(19)18(11-14)15-8-7-12-5-3-4-6-13(12)9-15/h7-9,14,17H,2-6,10-11H2,1H3. The highest BCUT2D eigenvalue weighted by Crippen LogP contribution is 2.28. The first-order chi connectivity index (χ1) is 9.28. The Hall–Kier alpha value is -1.35. The zero-order valence-corrected chi connectivity index (χ0v) is 11.6.